The zero-order valence-electron chi connectivity index (χ0n) is 14.0. The van der Waals surface area contributed by atoms with Crippen molar-refractivity contribution in [1.29, 1.82) is 5.26 Å². The van der Waals surface area contributed by atoms with Gasteiger partial charge in [0.25, 0.3) is 5.91 Å². The van der Waals surface area contributed by atoms with Crippen LogP contribution in [0.1, 0.15) is 49.2 Å². The second kappa shape index (κ2) is 7.28. The van der Waals surface area contributed by atoms with Crippen LogP contribution in [-0.4, -0.2) is 18.5 Å². The second-order valence-electron chi connectivity index (χ2n) is 5.35. The van der Waals surface area contributed by atoms with Crippen LogP contribution in [0.25, 0.3) is 0 Å². The molecule has 6 heteroatoms. The van der Waals surface area contributed by atoms with E-state index in [2.05, 4.69) is 5.32 Å². The van der Waals surface area contributed by atoms with Crippen molar-refractivity contribution in [3.63, 3.8) is 0 Å². The topological polar surface area (TPSA) is 79.2 Å². The number of nitrogens with one attached hydrogen (secondary N) is 1. The lowest BCUT2D eigenvalue weighted by Crippen LogP contribution is -2.12. The SMILES string of the molecule is CCOC(=O)c1sc(NC(=O)c2ccc(C)c(C)c2)c(C#N)c1C. The smallest absolute Gasteiger partial charge is 0.348 e. The van der Waals surface area contributed by atoms with Gasteiger partial charge in [0.15, 0.2) is 0 Å². The molecule has 2 aromatic rings. The van der Waals surface area contributed by atoms with Gasteiger partial charge in [0.2, 0.25) is 0 Å². The number of esters is 1. The average Bonchev–Trinajstić information content (AvgIpc) is 2.85. The lowest BCUT2D eigenvalue weighted by molar-refractivity contribution is 0.0531. The number of nitrogens with zero attached hydrogens (tertiary/aromatic N) is 1. The van der Waals surface area contributed by atoms with Crippen LogP contribution < -0.4 is 5.32 Å². The highest BCUT2D eigenvalue weighted by molar-refractivity contribution is 7.18. The summed E-state index contributed by atoms with van der Waals surface area (Å²) in [7, 11) is 0. The van der Waals surface area contributed by atoms with Crippen LogP contribution in [0.15, 0.2) is 18.2 Å². The Morgan fingerprint density at radius 2 is 1.96 bits per heavy atom. The molecule has 2 rings (SSSR count). The van der Waals surface area contributed by atoms with Crippen molar-refractivity contribution in [3.05, 3.63) is 50.9 Å². The highest BCUT2D eigenvalue weighted by Crippen LogP contribution is 2.33. The van der Waals surface area contributed by atoms with Crippen molar-refractivity contribution >= 4 is 28.2 Å². The monoisotopic (exact) mass is 342 g/mol. The molecule has 0 bridgehead atoms. The van der Waals surface area contributed by atoms with Crippen molar-refractivity contribution < 1.29 is 14.3 Å². The van der Waals surface area contributed by atoms with Crippen molar-refractivity contribution in [2.24, 2.45) is 0 Å². The van der Waals surface area contributed by atoms with Gasteiger partial charge in [0.05, 0.1) is 12.2 Å². The minimum Gasteiger partial charge on any atom is -0.462 e. The molecule has 0 aliphatic rings. The maximum atomic E-state index is 12.4. The Kier molecular flexibility index (Phi) is 5.37. The predicted molar refractivity (Wildman–Crippen MR) is 93.6 cm³/mol. The normalized spacial score (nSPS) is 10.1. The quantitative estimate of drug-likeness (QED) is 0.853. The summed E-state index contributed by atoms with van der Waals surface area (Å²) in [6, 6.07) is 7.45. The number of ether oxygens (including phenoxy) is 1. The summed E-state index contributed by atoms with van der Waals surface area (Å²) in [5, 5.41) is 12.4. The molecule has 0 radical (unpaired) electrons. The van der Waals surface area contributed by atoms with E-state index in [4.69, 9.17) is 4.74 Å². The molecule has 1 heterocycles. The fraction of sp³-hybridized carbons (Fsp3) is 0.278. The van der Waals surface area contributed by atoms with Gasteiger partial charge in [-0.1, -0.05) is 6.07 Å². The first kappa shape index (κ1) is 17.7. The second-order valence-corrected chi connectivity index (χ2v) is 6.37. The fourth-order valence-electron chi connectivity index (χ4n) is 2.19. The Morgan fingerprint density at radius 1 is 1.25 bits per heavy atom. The van der Waals surface area contributed by atoms with Gasteiger partial charge in [0, 0.05) is 5.56 Å². The minimum atomic E-state index is -0.483. The van der Waals surface area contributed by atoms with Gasteiger partial charge in [-0.25, -0.2) is 4.79 Å². The standard InChI is InChI=1S/C18H18N2O3S/c1-5-23-18(22)15-12(4)14(9-19)17(24-15)20-16(21)13-7-6-10(2)11(3)8-13/h6-8H,5H2,1-4H3,(H,20,21). The number of rotatable bonds is 4. The van der Waals surface area contributed by atoms with Crippen LogP contribution in [-0.2, 0) is 4.74 Å². The Bertz CT molecular complexity index is 847. The Balaban J connectivity index is 2.33. The van der Waals surface area contributed by atoms with Gasteiger partial charge in [-0.3, -0.25) is 4.79 Å². The number of hydrogen-bond donors (Lipinski definition) is 1. The van der Waals surface area contributed by atoms with E-state index in [9.17, 15) is 14.9 Å². The lowest BCUT2D eigenvalue weighted by Gasteiger charge is -2.06. The lowest BCUT2D eigenvalue weighted by atomic mass is 10.1. The first-order valence-corrected chi connectivity index (χ1v) is 8.29. The van der Waals surface area contributed by atoms with Crippen molar-refractivity contribution in [2.45, 2.75) is 27.7 Å². The Morgan fingerprint density at radius 3 is 2.54 bits per heavy atom. The molecule has 124 valence electrons. The van der Waals surface area contributed by atoms with Crippen LogP contribution in [0.2, 0.25) is 0 Å². The number of amides is 1. The molecule has 1 N–H and O–H groups in total. The number of benzene rings is 1. The number of anilines is 1. The molecule has 0 saturated heterocycles. The number of thiophene rings is 1. The third-order valence-corrected chi connectivity index (χ3v) is 4.90. The molecule has 1 aromatic heterocycles. The molecule has 0 unspecified atom stereocenters. The van der Waals surface area contributed by atoms with E-state index in [1.165, 1.54) is 0 Å². The predicted octanol–water partition coefficient (Wildman–Crippen LogP) is 3.97. The minimum absolute atomic E-state index is 0.252. The van der Waals surface area contributed by atoms with E-state index in [0.717, 1.165) is 22.5 Å². The maximum Gasteiger partial charge on any atom is 0.348 e. The van der Waals surface area contributed by atoms with Crippen LogP contribution in [0.4, 0.5) is 5.00 Å². The summed E-state index contributed by atoms with van der Waals surface area (Å²) in [5.74, 6) is -0.797. The van der Waals surface area contributed by atoms with Gasteiger partial charge in [-0.2, -0.15) is 5.26 Å². The molecule has 0 aliphatic carbocycles. The molecule has 0 spiro atoms. The molecule has 0 aliphatic heterocycles. The molecule has 5 nitrogen and oxygen atoms in total. The maximum absolute atomic E-state index is 12.4. The van der Waals surface area contributed by atoms with Crippen LogP contribution in [0.5, 0.6) is 0 Å². The number of nitriles is 1. The first-order valence-electron chi connectivity index (χ1n) is 7.48. The average molecular weight is 342 g/mol. The van der Waals surface area contributed by atoms with E-state index >= 15 is 0 Å². The van der Waals surface area contributed by atoms with Gasteiger partial charge in [-0.15, -0.1) is 11.3 Å². The van der Waals surface area contributed by atoms with E-state index in [1.807, 2.05) is 26.0 Å². The molecule has 1 amide bonds. The molecular weight excluding hydrogens is 324 g/mol. The summed E-state index contributed by atoms with van der Waals surface area (Å²) in [5.41, 5.74) is 3.43. The van der Waals surface area contributed by atoms with Gasteiger partial charge >= 0.3 is 5.97 Å². The Hall–Kier alpha value is -2.65. The van der Waals surface area contributed by atoms with Gasteiger partial charge in [-0.05, 0) is 56.5 Å². The van der Waals surface area contributed by atoms with E-state index in [1.54, 1.807) is 26.0 Å². The summed E-state index contributed by atoms with van der Waals surface area (Å²) in [4.78, 5) is 24.7. The molecule has 0 saturated carbocycles. The molecular formula is C18H18N2O3S. The first-order chi connectivity index (χ1) is 11.4. The van der Waals surface area contributed by atoms with Crippen LogP contribution in [0, 0.1) is 32.1 Å². The molecule has 0 atom stereocenters. The van der Waals surface area contributed by atoms with Crippen LogP contribution >= 0.6 is 11.3 Å². The zero-order valence-corrected chi connectivity index (χ0v) is 14.8. The molecule has 24 heavy (non-hydrogen) atoms. The number of carbonyl (C=O) groups is 2. The third-order valence-electron chi connectivity index (χ3n) is 3.72. The summed E-state index contributed by atoms with van der Waals surface area (Å²) >= 11 is 1.06. The number of aryl methyl sites for hydroxylation is 2. The summed E-state index contributed by atoms with van der Waals surface area (Å²) < 4.78 is 4.99. The van der Waals surface area contributed by atoms with Crippen molar-refractivity contribution in [2.75, 3.05) is 11.9 Å². The fourth-order valence-corrected chi connectivity index (χ4v) is 3.23. The van der Waals surface area contributed by atoms with E-state index in [0.29, 0.717) is 26.6 Å². The third kappa shape index (κ3) is 3.47. The van der Waals surface area contributed by atoms with Gasteiger partial charge < -0.3 is 10.1 Å². The number of carbonyl (C=O) groups excluding carboxylic acids is 2. The highest BCUT2D eigenvalue weighted by atomic mass is 32.1. The largest absolute Gasteiger partial charge is 0.462 e. The van der Waals surface area contributed by atoms with E-state index in [-0.39, 0.29) is 12.5 Å². The summed E-state index contributed by atoms with van der Waals surface area (Å²) in [6.07, 6.45) is 0. The van der Waals surface area contributed by atoms with Gasteiger partial charge in [0.1, 0.15) is 15.9 Å². The van der Waals surface area contributed by atoms with E-state index < -0.39 is 5.97 Å². The van der Waals surface area contributed by atoms with Crippen molar-refractivity contribution in [1.82, 2.24) is 0 Å². The zero-order chi connectivity index (χ0) is 17.9. The summed E-state index contributed by atoms with van der Waals surface area (Å²) in [6.45, 7) is 7.55. The number of hydrogen-bond acceptors (Lipinski definition) is 5. The molecule has 0 fully saturated rings. The van der Waals surface area contributed by atoms with Crippen LogP contribution in [0.3, 0.4) is 0 Å². The molecule has 1 aromatic carbocycles. The van der Waals surface area contributed by atoms with Crippen molar-refractivity contribution in [3.8, 4) is 6.07 Å². The highest BCUT2D eigenvalue weighted by Gasteiger charge is 2.22. The Labute approximate surface area is 144 Å².